The van der Waals surface area contributed by atoms with Crippen LogP contribution in [-0.2, 0) is 0 Å². The first-order valence-electron chi connectivity index (χ1n) is 9.93. The summed E-state index contributed by atoms with van der Waals surface area (Å²) in [7, 11) is 0. The average molecular weight is 464 g/mol. The lowest BCUT2D eigenvalue weighted by Gasteiger charge is -2.14. The van der Waals surface area contributed by atoms with Crippen LogP contribution in [0, 0.1) is 6.92 Å². The van der Waals surface area contributed by atoms with Gasteiger partial charge in [-0.2, -0.15) is 0 Å². The van der Waals surface area contributed by atoms with E-state index in [0.717, 1.165) is 27.4 Å². The standard InChI is InChI=1S/C22H18ClN7OS/c1-3-32-21-17(10-14(23)11-24-21)27-29-12-25-20-15(22(29)31)8-13(2)9-19(20)30-18-7-5-4-6-16(18)26-28-30/h4-12,27H,3H2,1-2H3. The van der Waals surface area contributed by atoms with E-state index in [0.29, 0.717) is 27.3 Å². The third-order valence-electron chi connectivity index (χ3n) is 4.91. The lowest BCUT2D eigenvalue weighted by Crippen LogP contribution is -2.27. The largest absolute Gasteiger partial charge is 0.287 e. The van der Waals surface area contributed by atoms with Crippen LogP contribution < -0.4 is 11.0 Å². The molecule has 160 valence electrons. The molecular weight excluding hydrogens is 446 g/mol. The molecule has 0 atom stereocenters. The molecule has 2 aromatic carbocycles. The molecule has 32 heavy (non-hydrogen) atoms. The van der Waals surface area contributed by atoms with Crippen molar-refractivity contribution in [1.82, 2.24) is 29.6 Å². The second kappa shape index (κ2) is 8.25. The Bertz CT molecular complexity index is 1530. The fraction of sp³-hybridized carbons (Fsp3) is 0.136. The molecular formula is C22H18ClN7OS. The highest BCUT2D eigenvalue weighted by atomic mass is 35.5. The summed E-state index contributed by atoms with van der Waals surface area (Å²) in [6.07, 6.45) is 3.05. The first kappa shape index (κ1) is 20.5. The first-order chi connectivity index (χ1) is 15.5. The Kier molecular flexibility index (Phi) is 5.28. The zero-order chi connectivity index (χ0) is 22.2. The molecule has 8 nitrogen and oxygen atoms in total. The number of thioether (sulfide) groups is 1. The van der Waals surface area contributed by atoms with E-state index < -0.39 is 0 Å². The van der Waals surface area contributed by atoms with Gasteiger partial charge in [0.25, 0.3) is 5.56 Å². The number of benzene rings is 2. The maximum absolute atomic E-state index is 13.4. The number of aryl methyl sites for hydroxylation is 1. The SMILES string of the molecule is CCSc1ncc(Cl)cc1Nn1cnc2c(-n3nnc4ccccc43)cc(C)cc2c1=O. The van der Waals surface area contributed by atoms with Gasteiger partial charge in [-0.25, -0.2) is 19.3 Å². The Morgan fingerprint density at radius 3 is 2.84 bits per heavy atom. The van der Waals surface area contributed by atoms with Crippen molar-refractivity contribution in [2.75, 3.05) is 11.2 Å². The van der Waals surface area contributed by atoms with E-state index in [4.69, 9.17) is 11.6 Å². The van der Waals surface area contributed by atoms with Gasteiger partial charge in [-0.1, -0.05) is 35.9 Å². The van der Waals surface area contributed by atoms with E-state index in [1.165, 1.54) is 11.0 Å². The highest BCUT2D eigenvalue weighted by Crippen LogP contribution is 2.28. The van der Waals surface area contributed by atoms with Crippen molar-refractivity contribution in [3.63, 3.8) is 0 Å². The molecule has 0 saturated carbocycles. The topological polar surface area (TPSA) is 90.5 Å². The lowest BCUT2D eigenvalue weighted by atomic mass is 10.1. The summed E-state index contributed by atoms with van der Waals surface area (Å²) in [5.74, 6) is 0.836. The van der Waals surface area contributed by atoms with E-state index in [1.54, 1.807) is 28.7 Å². The monoisotopic (exact) mass is 463 g/mol. The molecule has 0 saturated heterocycles. The Morgan fingerprint density at radius 2 is 2.00 bits per heavy atom. The number of aromatic nitrogens is 6. The summed E-state index contributed by atoms with van der Waals surface area (Å²) in [6, 6.07) is 13.2. The Morgan fingerprint density at radius 1 is 1.16 bits per heavy atom. The number of fused-ring (bicyclic) bond motifs is 2. The zero-order valence-electron chi connectivity index (χ0n) is 17.3. The molecule has 0 aliphatic carbocycles. The quantitative estimate of drug-likeness (QED) is 0.384. The summed E-state index contributed by atoms with van der Waals surface area (Å²) in [6.45, 7) is 3.97. The summed E-state index contributed by atoms with van der Waals surface area (Å²) in [5, 5.41) is 10.2. The van der Waals surface area contributed by atoms with Gasteiger partial charge >= 0.3 is 0 Å². The molecule has 0 radical (unpaired) electrons. The van der Waals surface area contributed by atoms with Gasteiger partial charge in [0.2, 0.25) is 0 Å². The number of nitrogens with zero attached hydrogens (tertiary/aromatic N) is 6. The summed E-state index contributed by atoms with van der Waals surface area (Å²) in [5.41, 5.74) is 7.27. The molecule has 0 aliphatic rings. The van der Waals surface area contributed by atoms with Crippen LogP contribution >= 0.6 is 23.4 Å². The Balaban J connectivity index is 1.66. The minimum atomic E-state index is -0.239. The van der Waals surface area contributed by atoms with Gasteiger partial charge in [0.1, 0.15) is 22.4 Å². The van der Waals surface area contributed by atoms with Crippen LogP contribution in [0.1, 0.15) is 12.5 Å². The molecule has 0 spiro atoms. The van der Waals surface area contributed by atoms with Gasteiger partial charge in [-0.05, 0) is 48.6 Å². The van der Waals surface area contributed by atoms with E-state index in [1.807, 2.05) is 50.2 Å². The molecule has 3 aromatic heterocycles. The van der Waals surface area contributed by atoms with Crippen molar-refractivity contribution in [2.24, 2.45) is 0 Å². The van der Waals surface area contributed by atoms with Gasteiger partial charge in [-0.15, -0.1) is 16.9 Å². The molecule has 0 bridgehead atoms. The molecule has 1 N–H and O–H groups in total. The predicted octanol–water partition coefficient (Wildman–Crippen LogP) is 4.47. The smallest absolute Gasteiger partial charge is 0.280 e. The molecule has 5 aromatic rings. The molecule has 5 rings (SSSR count). The molecule has 0 aliphatic heterocycles. The van der Waals surface area contributed by atoms with E-state index in [-0.39, 0.29) is 5.56 Å². The van der Waals surface area contributed by atoms with Crippen molar-refractivity contribution in [2.45, 2.75) is 18.9 Å². The van der Waals surface area contributed by atoms with Crippen LogP contribution in [0.5, 0.6) is 0 Å². The van der Waals surface area contributed by atoms with E-state index >= 15 is 0 Å². The van der Waals surface area contributed by atoms with Gasteiger partial charge < -0.3 is 0 Å². The maximum Gasteiger partial charge on any atom is 0.280 e. The second-order valence-electron chi connectivity index (χ2n) is 7.14. The average Bonchev–Trinajstić information content (AvgIpc) is 3.21. The van der Waals surface area contributed by atoms with Gasteiger partial charge in [0, 0.05) is 6.20 Å². The zero-order valence-corrected chi connectivity index (χ0v) is 18.9. The van der Waals surface area contributed by atoms with Crippen molar-refractivity contribution in [3.05, 3.63) is 75.9 Å². The fourth-order valence-electron chi connectivity index (χ4n) is 3.53. The summed E-state index contributed by atoms with van der Waals surface area (Å²) >= 11 is 7.69. The second-order valence-corrected chi connectivity index (χ2v) is 8.83. The Labute approximate surface area is 192 Å². The third-order valence-corrected chi connectivity index (χ3v) is 6.00. The highest BCUT2D eigenvalue weighted by molar-refractivity contribution is 7.99. The minimum absolute atomic E-state index is 0.239. The number of pyridine rings is 1. The van der Waals surface area contributed by atoms with Crippen molar-refractivity contribution >= 4 is 51.0 Å². The van der Waals surface area contributed by atoms with Crippen molar-refractivity contribution in [3.8, 4) is 5.69 Å². The highest BCUT2D eigenvalue weighted by Gasteiger charge is 2.15. The molecule has 10 heteroatoms. The van der Waals surface area contributed by atoms with Crippen LogP contribution in [0.25, 0.3) is 27.6 Å². The summed E-state index contributed by atoms with van der Waals surface area (Å²) in [4.78, 5) is 22.3. The molecule has 0 amide bonds. The van der Waals surface area contributed by atoms with E-state index in [2.05, 4.69) is 25.7 Å². The van der Waals surface area contributed by atoms with Gasteiger partial charge in [-0.3, -0.25) is 10.2 Å². The molecule has 0 unspecified atom stereocenters. The fourth-order valence-corrected chi connectivity index (χ4v) is 4.35. The van der Waals surface area contributed by atoms with Crippen LogP contribution in [-0.4, -0.2) is 35.4 Å². The van der Waals surface area contributed by atoms with Crippen LogP contribution in [0.15, 0.2) is 64.8 Å². The predicted molar refractivity (Wildman–Crippen MR) is 128 cm³/mol. The van der Waals surface area contributed by atoms with Crippen LogP contribution in [0.3, 0.4) is 0 Å². The molecule has 3 heterocycles. The maximum atomic E-state index is 13.4. The number of para-hydroxylation sites is 1. The first-order valence-corrected chi connectivity index (χ1v) is 11.3. The number of anilines is 1. The number of hydrogen-bond acceptors (Lipinski definition) is 7. The molecule has 0 fully saturated rings. The number of rotatable bonds is 5. The third kappa shape index (κ3) is 3.59. The van der Waals surface area contributed by atoms with Gasteiger partial charge in [0.05, 0.1) is 27.3 Å². The van der Waals surface area contributed by atoms with Crippen LogP contribution in [0.2, 0.25) is 5.02 Å². The van der Waals surface area contributed by atoms with Crippen molar-refractivity contribution < 1.29 is 0 Å². The normalized spacial score (nSPS) is 11.3. The number of halogens is 1. The minimum Gasteiger partial charge on any atom is -0.287 e. The summed E-state index contributed by atoms with van der Waals surface area (Å²) < 4.78 is 3.06. The van der Waals surface area contributed by atoms with Crippen molar-refractivity contribution in [1.29, 1.82) is 0 Å². The van der Waals surface area contributed by atoms with E-state index in [9.17, 15) is 4.79 Å². The number of hydrogen-bond donors (Lipinski definition) is 1. The van der Waals surface area contributed by atoms with Gasteiger partial charge in [0.15, 0.2) is 0 Å². The Hall–Kier alpha value is -3.43. The number of nitrogens with one attached hydrogen (secondary N) is 1. The van der Waals surface area contributed by atoms with Crippen LogP contribution in [0.4, 0.5) is 5.69 Å². The lowest BCUT2D eigenvalue weighted by molar-refractivity contribution is 0.821.